The molecular weight excluding hydrogens is 283 g/mol. The SMILES string of the molecule is Fc1cccc(Cl)c1CN1CCC[C@H]1c1nccs1. The quantitative estimate of drug-likeness (QED) is 0.841. The summed E-state index contributed by atoms with van der Waals surface area (Å²) in [5.74, 6) is -0.225. The predicted molar refractivity (Wildman–Crippen MR) is 75.9 cm³/mol. The van der Waals surface area contributed by atoms with Crippen molar-refractivity contribution in [3.05, 3.63) is 51.2 Å². The van der Waals surface area contributed by atoms with Crippen LogP contribution in [0.3, 0.4) is 0 Å². The molecule has 1 aliphatic heterocycles. The van der Waals surface area contributed by atoms with Gasteiger partial charge in [0.2, 0.25) is 0 Å². The van der Waals surface area contributed by atoms with Crippen LogP contribution in [0.5, 0.6) is 0 Å². The lowest BCUT2D eigenvalue weighted by Gasteiger charge is -2.23. The molecular formula is C14H14ClFN2S. The maximum absolute atomic E-state index is 13.8. The van der Waals surface area contributed by atoms with E-state index >= 15 is 0 Å². The first-order valence-corrected chi connectivity index (χ1v) is 7.58. The maximum Gasteiger partial charge on any atom is 0.129 e. The molecule has 1 aromatic heterocycles. The number of rotatable bonds is 3. The molecule has 2 heterocycles. The van der Waals surface area contributed by atoms with E-state index in [-0.39, 0.29) is 5.82 Å². The van der Waals surface area contributed by atoms with E-state index in [0.29, 0.717) is 23.2 Å². The van der Waals surface area contributed by atoms with Crippen LogP contribution in [-0.4, -0.2) is 16.4 Å². The Balaban J connectivity index is 1.83. The highest BCUT2D eigenvalue weighted by molar-refractivity contribution is 7.09. The molecule has 3 rings (SSSR count). The van der Waals surface area contributed by atoms with Gasteiger partial charge in [0.05, 0.1) is 6.04 Å². The van der Waals surface area contributed by atoms with Crippen LogP contribution in [-0.2, 0) is 6.54 Å². The van der Waals surface area contributed by atoms with Crippen LogP contribution in [0.25, 0.3) is 0 Å². The molecule has 0 unspecified atom stereocenters. The van der Waals surface area contributed by atoms with Gasteiger partial charge in [-0.2, -0.15) is 0 Å². The molecule has 2 nitrogen and oxygen atoms in total. The standard InChI is InChI=1S/C14H14ClFN2S/c15-11-3-1-4-12(16)10(11)9-18-7-2-5-13(18)14-17-6-8-19-14/h1,3-4,6,8,13H,2,5,7,9H2/t13-/m0/s1. The van der Waals surface area contributed by atoms with Crippen molar-refractivity contribution in [3.8, 4) is 0 Å². The molecule has 1 atom stereocenters. The van der Waals surface area contributed by atoms with Gasteiger partial charge in [0.25, 0.3) is 0 Å². The van der Waals surface area contributed by atoms with E-state index in [1.807, 2.05) is 11.6 Å². The van der Waals surface area contributed by atoms with Gasteiger partial charge in [-0.15, -0.1) is 11.3 Å². The van der Waals surface area contributed by atoms with E-state index in [0.717, 1.165) is 24.4 Å². The highest BCUT2D eigenvalue weighted by atomic mass is 35.5. The minimum Gasteiger partial charge on any atom is -0.290 e. The van der Waals surface area contributed by atoms with Crippen molar-refractivity contribution in [2.45, 2.75) is 25.4 Å². The van der Waals surface area contributed by atoms with Crippen molar-refractivity contribution in [2.75, 3.05) is 6.54 Å². The lowest BCUT2D eigenvalue weighted by atomic mass is 10.1. The summed E-state index contributed by atoms with van der Waals surface area (Å²) in [6, 6.07) is 5.16. The number of thiazole rings is 1. The first-order valence-electron chi connectivity index (χ1n) is 6.32. The fourth-order valence-corrected chi connectivity index (χ4v) is 3.61. The molecule has 0 N–H and O–H groups in total. The zero-order valence-electron chi connectivity index (χ0n) is 10.4. The molecule has 0 amide bonds. The van der Waals surface area contributed by atoms with E-state index in [1.54, 1.807) is 23.5 Å². The van der Waals surface area contributed by atoms with Crippen molar-refractivity contribution in [1.82, 2.24) is 9.88 Å². The van der Waals surface area contributed by atoms with Crippen LogP contribution in [0.1, 0.15) is 29.5 Å². The van der Waals surface area contributed by atoms with E-state index in [4.69, 9.17) is 11.6 Å². The summed E-state index contributed by atoms with van der Waals surface area (Å²) in [5.41, 5.74) is 0.590. The molecule has 0 spiro atoms. The van der Waals surface area contributed by atoms with Crippen molar-refractivity contribution in [3.63, 3.8) is 0 Å². The molecule has 1 aliphatic rings. The van der Waals surface area contributed by atoms with Crippen LogP contribution in [0.4, 0.5) is 4.39 Å². The van der Waals surface area contributed by atoms with Crippen LogP contribution in [0, 0.1) is 5.82 Å². The molecule has 19 heavy (non-hydrogen) atoms. The van der Waals surface area contributed by atoms with Gasteiger partial charge in [0.1, 0.15) is 10.8 Å². The van der Waals surface area contributed by atoms with E-state index in [1.165, 1.54) is 6.07 Å². The Hall–Kier alpha value is -0.970. The van der Waals surface area contributed by atoms with Gasteiger partial charge in [-0.3, -0.25) is 4.90 Å². The average molecular weight is 297 g/mol. The Bertz CT molecular complexity index is 538. The molecule has 1 saturated heterocycles. The number of hydrogen-bond donors (Lipinski definition) is 0. The topological polar surface area (TPSA) is 16.1 Å². The van der Waals surface area contributed by atoms with E-state index < -0.39 is 0 Å². The Morgan fingerprint density at radius 1 is 1.47 bits per heavy atom. The highest BCUT2D eigenvalue weighted by Gasteiger charge is 2.28. The zero-order chi connectivity index (χ0) is 13.2. The minimum atomic E-state index is -0.225. The third-order valence-corrected chi connectivity index (χ3v) is 4.75. The Kier molecular flexibility index (Phi) is 3.82. The Morgan fingerprint density at radius 3 is 3.11 bits per heavy atom. The second-order valence-electron chi connectivity index (χ2n) is 4.70. The first kappa shape index (κ1) is 13.0. The van der Waals surface area contributed by atoms with E-state index in [9.17, 15) is 4.39 Å². The molecule has 100 valence electrons. The van der Waals surface area contributed by atoms with Crippen molar-refractivity contribution < 1.29 is 4.39 Å². The van der Waals surface area contributed by atoms with Crippen molar-refractivity contribution >= 4 is 22.9 Å². The third kappa shape index (κ3) is 2.66. The van der Waals surface area contributed by atoms with Crippen molar-refractivity contribution in [2.24, 2.45) is 0 Å². The number of hydrogen-bond acceptors (Lipinski definition) is 3. The Morgan fingerprint density at radius 2 is 2.37 bits per heavy atom. The van der Waals surface area contributed by atoms with Crippen LogP contribution in [0.2, 0.25) is 5.02 Å². The monoisotopic (exact) mass is 296 g/mol. The Labute approximate surface area is 120 Å². The third-order valence-electron chi connectivity index (χ3n) is 3.52. The van der Waals surface area contributed by atoms with Crippen LogP contribution in [0.15, 0.2) is 29.8 Å². The number of likely N-dealkylation sites (tertiary alicyclic amines) is 1. The van der Waals surface area contributed by atoms with Gasteiger partial charge in [-0.1, -0.05) is 17.7 Å². The lowest BCUT2D eigenvalue weighted by Crippen LogP contribution is -2.23. The summed E-state index contributed by atoms with van der Waals surface area (Å²) in [5, 5.41) is 3.61. The molecule has 0 bridgehead atoms. The van der Waals surface area contributed by atoms with Gasteiger partial charge in [-0.25, -0.2) is 9.37 Å². The minimum absolute atomic E-state index is 0.225. The normalized spacial score (nSPS) is 20.0. The first-order chi connectivity index (χ1) is 9.25. The summed E-state index contributed by atoms with van der Waals surface area (Å²) in [7, 11) is 0. The summed E-state index contributed by atoms with van der Waals surface area (Å²) in [4.78, 5) is 6.65. The number of benzene rings is 1. The zero-order valence-corrected chi connectivity index (χ0v) is 11.9. The maximum atomic E-state index is 13.8. The summed E-state index contributed by atoms with van der Waals surface area (Å²) in [6.07, 6.45) is 4.03. The smallest absolute Gasteiger partial charge is 0.129 e. The molecule has 0 radical (unpaired) electrons. The molecule has 2 aromatic rings. The van der Waals surface area contributed by atoms with Gasteiger partial charge in [0.15, 0.2) is 0 Å². The largest absolute Gasteiger partial charge is 0.290 e. The van der Waals surface area contributed by atoms with Gasteiger partial charge in [0, 0.05) is 28.7 Å². The van der Waals surface area contributed by atoms with E-state index in [2.05, 4.69) is 9.88 Å². The second kappa shape index (κ2) is 5.57. The van der Waals surface area contributed by atoms with Crippen LogP contribution >= 0.6 is 22.9 Å². The average Bonchev–Trinajstić information content (AvgIpc) is 3.04. The molecule has 0 aliphatic carbocycles. The van der Waals surface area contributed by atoms with Gasteiger partial charge in [-0.05, 0) is 31.5 Å². The molecule has 0 saturated carbocycles. The van der Waals surface area contributed by atoms with Crippen molar-refractivity contribution in [1.29, 1.82) is 0 Å². The number of halogens is 2. The summed E-state index contributed by atoms with van der Waals surface area (Å²) < 4.78 is 13.8. The molecule has 5 heteroatoms. The molecule has 1 fully saturated rings. The summed E-state index contributed by atoms with van der Waals surface area (Å²) >= 11 is 7.76. The van der Waals surface area contributed by atoms with Crippen LogP contribution < -0.4 is 0 Å². The fraction of sp³-hybridized carbons (Fsp3) is 0.357. The summed E-state index contributed by atoms with van der Waals surface area (Å²) in [6.45, 7) is 1.52. The fourth-order valence-electron chi connectivity index (χ4n) is 2.58. The van der Waals surface area contributed by atoms with Gasteiger partial charge < -0.3 is 0 Å². The highest BCUT2D eigenvalue weighted by Crippen LogP contribution is 2.35. The number of aromatic nitrogens is 1. The second-order valence-corrected chi connectivity index (χ2v) is 6.03. The lowest BCUT2D eigenvalue weighted by molar-refractivity contribution is 0.244. The van der Waals surface area contributed by atoms with Gasteiger partial charge >= 0.3 is 0 Å². The predicted octanol–water partition coefficient (Wildman–Crippen LogP) is 4.27. The molecule has 1 aromatic carbocycles. The number of nitrogens with zero attached hydrogens (tertiary/aromatic N) is 2.